The van der Waals surface area contributed by atoms with Crippen molar-refractivity contribution >= 4 is 78.1 Å². The lowest BCUT2D eigenvalue weighted by molar-refractivity contribution is 0.961. The van der Waals surface area contributed by atoms with Crippen molar-refractivity contribution < 1.29 is 0 Å². The Morgan fingerprint density at radius 1 is 0.328 bits per heavy atom. The molecule has 0 atom stereocenters. The number of rotatable bonds is 11. The van der Waals surface area contributed by atoms with Crippen LogP contribution in [0.2, 0.25) is 39.3 Å². The lowest BCUT2D eigenvalue weighted by Crippen LogP contribution is -2.63. The highest BCUT2D eigenvalue weighted by Crippen LogP contribution is 2.63. The average molecular weight is 862 g/mol. The summed E-state index contributed by atoms with van der Waals surface area (Å²) in [6, 6.07) is 82.4. The first-order valence-electron chi connectivity index (χ1n) is 22.5. The van der Waals surface area contributed by atoms with Crippen molar-refractivity contribution in [1.82, 2.24) is 0 Å². The van der Waals surface area contributed by atoms with Crippen molar-refractivity contribution in [3.05, 3.63) is 236 Å². The summed E-state index contributed by atoms with van der Waals surface area (Å²) in [4.78, 5) is 7.35. The minimum Gasteiger partial charge on any atom is -0.310 e. The Labute approximate surface area is 381 Å². The first kappa shape index (κ1) is 41.1. The molecule has 1 aliphatic carbocycles. The second kappa shape index (κ2) is 16.3. The minimum atomic E-state index is -2.19. The molecule has 3 nitrogen and oxygen atoms in total. The van der Waals surface area contributed by atoms with Crippen LogP contribution in [0.3, 0.4) is 0 Å². The van der Waals surface area contributed by atoms with Gasteiger partial charge in [-0.1, -0.05) is 161 Å². The first-order valence-corrected chi connectivity index (χ1v) is 29.5. The molecule has 0 N–H and O–H groups in total. The number of nitrogens with zero attached hydrogens (tertiary/aromatic N) is 3. The zero-order valence-electron chi connectivity index (χ0n) is 37.7. The summed E-state index contributed by atoms with van der Waals surface area (Å²) >= 11 is 0. The van der Waals surface area contributed by atoms with E-state index in [0.29, 0.717) is 0 Å². The fraction of sp³-hybridized carbons (Fsp3) is 0.119. The normalized spacial score (nSPS) is 13.0. The van der Waals surface area contributed by atoms with Gasteiger partial charge in [0.2, 0.25) is 0 Å². The Hall–Kier alpha value is -6.93. The van der Waals surface area contributed by atoms with Crippen molar-refractivity contribution in [2.45, 2.75) is 43.9 Å². The Kier molecular flexibility index (Phi) is 10.5. The summed E-state index contributed by atoms with van der Waals surface area (Å²) < 4.78 is -0.174. The van der Waals surface area contributed by atoms with E-state index in [0.717, 1.165) is 39.8 Å². The lowest BCUT2D eigenvalue weighted by Gasteiger charge is -2.52. The highest BCUT2D eigenvalue weighted by atomic mass is 28.4. The van der Waals surface area contributed by atoms with Crippen molar-refractivity contribution in [2.24, 2.45) is 0 Å². The summed E-state index contributed by atoms with van der Waals surface area (Å²) in [5.74, 6) is 0. The van der Waals surface area contributed by atoms with Crippen LogP contribution in [0.1, 0.15) is 11.1 Å². The van der Waals surface area contributed by atoms with Crippen LogP contribution in [0.4, 0.5) is 51.2 Å². The number of para-hydroxylation sites is 6. The van der Waals surface area contributed by atoms with Gasteiger partial charge in [-0.05, 0) is 131 Å². The van der Waals surface area contributed by atoms with Gasteiger partial charge in [0, 0.05) is 55.7 Å². The Bertz CT molecular complexity index is 2920. The molecule has 5 heteroatoms. The molecule has 314 valence electrons. The number of hydrogen-bond acceptors (Lipinski definition) is 3. The number of hydrogen-bond donors (Lipinski definition) is 0. The maximum Gasteiger partial charge on any atom is 0.0579 e. The van der Waals surface area contributed by atoms with Gasteiger partial charge in [0.15, 0.2) is 0 Å². The second-order valence-corrected chi connectivity index (χ2v) is 30.1. The molecule has 9 aromatic rings. The van der Waals surface area contributed by atoms with Gasteiger partial charge in [0.05, 0.1) is 21.8 Å². The molecule has 9 aromatic carbocycles. The maximum atomic E-state index is 2.63. The summed E-state index contributed by atoms with van der Waals surface area (Å²) in [5, 5.41) is 2.58. The summed E-state index contributed by atoms with van der Waals surface area (Å²) in [6.07, 6.45) is 0. The van der Waals surface area contributed by atoms with Crippen LogP contribution in [0, 0.1) is 0 Å². The lowest BCUT2D eigenvalue weighted by atomic mass is 9.94. The molecule has 10 rings (SSSR count). The largest absolute Gasteiger partial charge is 0.310 e. The maximum absolute atomic E-state index is 2.63. The van der Waals surface area contributed by atoms with E-state index in [1.54, 1.807) is 0 Å². The molecule has 0 unspecified atom stereocenters. The average Bonchev–Trinajstić information content (AvgIpc) is 3.64. The van der Waals surface area contributed by atoms with Gasteiger partial charge in [0.1, 0.15) is 0 Å². The molecule has 0 aliphatic heterocycles. The molecule has 0 radical (unpaired) electrons. The van der Waals surface area contributed by atoms with Gasteiger partial charge in [-0.2, -0.15) is 0 Å². The van der Waals surface area contributed by atoms with E-state index in [2.05, 4.69) is 278 Å². The third-order valence-corrected chi connectivity index (χ3v) is 23.3. The molecule has 0 fully saturated rings. The topological polar surface area (TPSA) is 9.72 Å². The molecule has 0 heterocycles. The van der Waals surface area contributed by atoms with Crippen LogP contribution in [0.25, 0.3) is 21.9 Å². The van der Waals surface area contributed by atoms with Crippen molar-refractivity contribution in [1.29, 1.82) is 0 Å². The predicted octanol–water partition coefficient (Wildman–Crippen LogP) is 17.3. The van der Waals surface area contributed by atoms with E-state index in [9.17, 15) is 0 Å². The summed E-state index contributed by atoms with van der Waals surface area (Å²) in [5.41, 5.74) is 16.0. The van der Waals surface area contributed by atoms with E-state index in [-0.39, 0.29) is 4.66 Å². The molecule has 0 bridgehead atoms. The SMILES string of the molecule is C[Si](C)(C)C1([Si](C)(C)C)c2cc(N(c3ccccc3)c3ccccc3)ccc2-c2c(N(c3ccccc3)c3ccccc3)cc3cc(N(c4ccccc4)c4ccccc4)ccc3c21. The van der Waals surface area contributed by atoms with Crippen molar-refractivity contribution in [3.8, 4) is 11.1 Å². The van der Waals surface area contributed by atoms with E-state index in [4.69, 9.17) is 0 Å². The van der Waals surface area contributed by atoms with E-state index in [1.165, 1.54) is 44.4 Å². The second-order valence-electron chi connectivity index (χ2n) is 19.1. The molecule has 0 saturated heterocycles. The van der Waals surface area contributed by atoms with E-state index in [1.807, 2.05) is 0 Å². The Balaban J connectivity index is 1.34. The molecule has 0 spiro atoms. The standard InChI is InChI=1S/C59H55N3Si2/c1-63(2,3)59(64(4,5)6)55-43-52(61(47-29-17-9-18-30-47)48-31-19-10-20-32-48)38-40-54(55)57-56(62(49-33-21-11-22-34-49)50-35-23-12-24-36-50)42-44-41-51(37-39-53(44)58(57)59)60(45-25-13-7-14-26-45)46-27-15-8-16-28-46/h7-43H,1-6H3. The molecular formula is C59H55N3Si2. The molecule has 0 amide bonds. The van der Waals surface area contributed by atoms with Gasteiger partial charge in [-0.25, -0.2) is 0 Å². The van der Waals surface area contributed by atoms with E-state index < -0.39 is 16.1 Å². The first-order chi connectivity index (χ1) is 31.1. The zero-order valence-corrected chi connectivity index (χ0v) is 39.7. The van der Waals surface area contributed by atoms with Gasteiger partial charge >= 0.3 is 0 Å². The highest BCUT2D eigenvalue weighted by Gasteiger charge is 2.60. The van der Waals surface area contributed by atoms with Crippen LogP contribution in [0.5, 0.6) is 0 Å². The van der Waals surface area contributed by atoms with Crippen molar-refractivity contribution in [3.63, 3.8) is 0 Å². The molecular weight excluding hydrogens is 807 g/mol. The quantitative estimate of drug-likeness (QED) is 0.120. The van der Waals surface area contributed by atoms with Gasteiger partial charge in [-0.3, -0.25) is 0 Å². The smallest absolute Gasteiger partial charge is 0.0579 e. The number of benzene rings is 9. The van der Waals surface area contributed by atoms with Gasteiger partial charge in [0.25, 0.3) is 0 Å². The third kappa shape index (κ3) is 6.87. The van der Waals surface area contributed by atoms with Crippen LogP contribution in [0.15, 0.2) is 224 Å². The van der Waals surface area contributed by atoms with Crippen LogP contribution in [-0.2, 0) is 4.66 Å². The Morgan fingerprint density at radius 2 is 0.672 bits per heavy atom. The molecule has 0 saturated carbocycles. The number of anilines is 9. The molecule has 64 heavy (non-hydrogen) atoms. The monoisotopic (exact) mass is 861 g/mol. The van der Waals surface area contributed by atoms with Crippen LogP contribution in [-0.4, -0.2) is 16.1 Å². The molecule has 0 aromatic heterocycles. The van der Waals surface area contributed by atoms with E-state index >= 15 is 0 Å². The fourth-order valence-electron chi connectivity index (χ4n) is 11.2. The predicted molar refractivity (Wildman–Crippen MR) is 281 cm³/mol. The third-order valence-electron chi connectivity index (χ3n) is 13.2. The van der Waals surface area contributed by atoms with Crippen molar-refractivity contribution in [2.75, 3.05) is 14.7 Å². The zero-order chi connectivity index (χ0) is 44.1. The fourth-order valence-corrected chi connectivity index (χ4v) is 24.2. The molecule has 1 aliphatic rings. The highest BCUT2D eigenvalue weighted by molar-refractivity contribution is 7.00. The minimum absolute atomic E-state index is 0.174. The Morgan fingerprint density at radius 3 is 1.05 bits per heavy atom. The summed E-state index contributed by atoms with van der Waals surface area (Å²) in [7, 11) is -4.38. The van der Waals surface area contributed by atoms with Crippen LogP contribution >= 0.6 is 0 Å². The van der Waals surface area contributed by atoms with Gasteiger partial charge < -0.3 is 14.7 Å². The van der Waals surface area contributed by atoms with Crippen LogP contribution < -0.4 is 14.7 Å². The number of fused-ring (bicyclic) bond motifs is 5. The van der Waals surface area contributed by atoms with Gasteiger partial charge in [-0.15, -0.1) is 0 Å². The summed E-state index contributed by atoms with van der Waals surface area (Å²) in [6.45, 7) is 15.8.